The highest BCUT2D eigenvalue weighted by Crippen LogP contribution is 2.45. The van der Waals surface area contributed by atoms with Crippen molar-refractivity contribution >= 4 is 47.5 Å². The van der Waals surface area contributed by atoms with Gasteiger partial charge in [-0.3, -0.25) is 9.89 Å². The molecule has 2 aliphatic heterocycles. The maximum Gasteiger partial charge on any atom is 0.326 e. The van der Waals surface area contributed by atoms with E-state index in [2.05, 4.69) is 38.2 Å². The number of nitrogens with one attached hydrogen (secondary N) is 1. The van der Waals surface area contributed by atoms with Crippen LogP contribution in [0.5, 0.6) is 5.75 Å². The predicted molar refractivity (Wildman–Crippen MR) is 177 cm³/mol. The Labute approximate surface area is 266 Å². The fraction of sp³-hybridized carbons (Fsp3) is 0.394. The lowest BCUT2D eigenvalue weighted by Gasteiger charge is -2.36. The Balaban J connectivity index is 0.00000242. The maximum absolute atomic E-state index is 14.4. The van der Waals surface area contributed by atoms with E-state index in [1.54, 1.807) is 0 Å². The summed E-state index contributed by atoms with van der Waals surface area (Å²) in [6.45, 7) is 11.8. The number of amides is 2. The van der Waals surface area contributed by atoms with Crippen LogP contribution in [0.3, 0.4) is 0 Å². The SMILES string of the molecule is C.CCOc1cc(C(C)(C)C)ccc1C1=N[C@@H](c2ccc(Cl)cc2)[C@@H](c2ccc(Cl)cc2)N1C(=O)N1CCNCC1.Cl. The molecule has 42 heavy (non-hydrogen) atoms. The van der Waals surface area contributed by atoms with Crippen LogP contribution in [0.2, 0.25) is 10.0 Å². The minimum Gasteiger partial charge on any atom is -0.493 e. The number of ether oxygens (including phenoxy) is 1. The first-order valence-electron chi connectivity index (χ1n) is 13.8. The van der Waals surface area contributed by atoms with Crippen molar-refractivity contribution in [2.45, 2.75) is 52.6 Å². The van der Waals surface area contributed by atoms with Gasteiger partial charge in [0.1, 0.15) is 17.6 Å². The second-order valence-corrected chi connectivity index (χ2v) is 12.1. The number of benzene rings is 3. The lowest BCUT2D eigenvalue weighted by atomic mass is 9.86. The highest BCUT2D eigenvalue weighted by Gasteiger charge is 2.44. The van der Waals surface area contributed by atoms with Gasteiger partial charge in [0, 0.05) is 36.2 Å². The van der Waals surface area contributed by atoms with Gasteiger partial charge in [-0.1, -0.05) is 81.7 Å². The van der Waals surface area contributed by atoms with Crippen LogP contribution >= 0.6 is 35.6 Å². The number of halogens is 3. The first-order chi connectivity index (χ1) is 19.2. The minimum atomic E-state index is -0.382. The summed E-state index contributed by atoms with van der Waals surface area (Å²) in [4.78, 5) is 23.5. The summed E-state index contributed by atoms with van der Waals surface area (Å²) in [6, 6.07) is 20.9. The summed E-state index contributed by atoms with van der Waals surface area (Å²) < 4.78 is 6.19. The molecule has 1 saturated heterocycles. The van der Waals surface area contributed by atoms with E-state index in [9.17, 15) is 4.79 Å². The molecular weight excluding hydrogens is 591 g/mol. The molecule has 9 heteroatoms. The molecule has 2 heterocycles. The van der Waals surface area contributed by atoms with Crippen LogP contribution in [0.25, 0.3) is 0 Å². The molecule has 1 fully saturated rings. The third-order valence-corrected chi connectivity index (χ3v) is 7.98. The Kier molecular flexibility index (Phi) is 11.4. The normalized spacial score (nSPS) is 18.6. The quantitative estimate of drug-likeness (QED) is 0.308. The van der Waals surface area contributed by atoms with Crippen molar-refractivity contribution in [3.05, 3.63) is 99.0 Å². The number of nitrogens with zero attached hydrogens (tertiary/aromatic N) is 3. The number of piperazine rings is 1. The van der Waals surface area contributed by atoms with Gasteiger partial charge in [0.2, 0.25) is 0 Å². The summed E-state index contributed by atoms with van der Waals surface area (Å²) in [6.07, 6.45) is 0. The van der Waals surface area contributed by atoms with Crippen molar-refractivity contribution in [2.75, 3.05) is 32.8 Å². The molecule has 3 aromatic carbocycles. The molecule has 2 atom stereocenters. The van der Waals surface area contributed by atoms with Gasteiger partial charge >= 0.3 is 6.03 Å². The summed E-state index contributed by atoms with van der Waals surface area (Å²) in [5.74, 6) is 1.32. The van der Waals surface area contributed by atoms with Crippen molar-refractivity contribution in [2.24, 2.45) is 4.99 Å². The molecule has 0 aromatic heterocycles. The second kappa shape index (κ2) is 14.1. The van der Waals surface area contributed by atoms with Gasteiger partial charge in [-0.25, -0.2) is 4.79 Å². The molecule has 6 nitrogen and oxygen atoms in total. The number of hydrogen-bond acceptors (Lipinski definition) is 4. The molecule has 5 rings (SSSR count). The van der Waals surface area contributed by atoms with E-state index >= 15 is 0 Å². The van der Waals surface area contributed by atoms with Crippen molar-refractivity contribution in [1.29, 1.82) is 0 Å². The fourth-order valence-electron chi connectivity index (χ4n) is 5.31. The van der Waals surface area contributed by atoms with Gasteiger partial charge in [0.05, 0.1) is 18.2 Å². The molecule has 3 aromatic rings. The summed E-state index contributed by atoms with van der Waals surface area (Å²) in [7, 11) is 0. The number of carbonyl (C=O) groups excluding carboxylic acids is 1. The van der Waals surface area contributed by atoms with Crippen LogP contribution in [0.15, 0.2) is 71.7 Å². The Hall–Kier alpha value is -2.77. The lowest BCUT2D eigenvalue weighted by Crippen LogP contribution is -2.53. The van der Waals surface area contributed by atoms with Gasteiger partial charge in [-0.05, 0) is 65.4 Å². The fourth-order valence-corrected chi connectivity index (χ4v) is 5.56. The zero-order chi connectivity index (χ0) is 28.4. The number of rotatable bonds is 5. The average Bonchev–Trinajstić information content (AvgIpc) is 3.34. The van der Waals surface area contributed by atoms with Crippen LogP contribution in [-0.2, 0) is 5.41 Å². The van der Waals surface area contributed by atoms with E-state index in [-0.39, 0.29) is 43.4 Å². The zero-order valence-electron chi connectivity index (χ0n) is 23.9. The molecule has 0 unspecified atom stereocenters. The summed E-state index contributed by atoms with van der Waals surface area (Å²) in [5, 5.41) is 4.64. The Morgan fingerprint density at radius 2 is 1.52 bits per heavy atom. The molecule has 226 valence electrons. The molecule has 0 spiro atoms. The molecule has 1 N–H and O–H groups in total. The van der Waals surface area contributed by atoms with Crippen LogP contribution in [0.4, 0.5) is 4.79 Å². The van der Waals surface area contributed by atoms with Crippen molar-refractivity contribution in [3.8, 4) is 5.75 Å². The largest absolute Gasteiger partial charge is 0.493 e. The first kappa shape index (κ1) is 33.7. The number of urea groups is 1. The van der Waals surface area contributed by atoms with E-state index in [4.69, 9.17) is 32.9 Å². The highest BCUT2D eigenvalue weighted by atomic mass is 35.5. The van der Waals surface area contributed by atoms with Gasteiger partial charge < -0.3 is 15.0 Å². The van der Waals surface area contributed by atoms with E-state index in [0.717, 1.165) is 41.1 Å². The summed E-state index contributed by atoms with van der Waals surface area (Å²) in [5.41, 5.74) is 3.82. The maximum atomic E-state index is 14.4. The molecular formula is C33H41Cl3N4O2. The molecule has 2 amide bonds. The first-order valence-corrected chi connectivity index (χ1v) is 14.6. The van der Waals surface area contributed by atoms with Gasteiger partial charge in [0.25, 0.3) is 0 Å². The van der Waals surface area contributed by atoms with Gasteiger partial charge in [-0.15, -0.1) is 12.4 Å². The number of aliphatic imine (C=N–C) groups is 1. The average molecular weight is 632 g/mol. The number of hydrogen-bond donors (Lipinski definition) is 1. The predicted octanol–water partition coefficient (Wildman–Crippen LogP) is 8.32. The standard InChI is InChI=1S/C32H36Cl2N4O2.CH4.ClH/c1-5-40-27-20-23(32(2,3)4)10-15-26(27)30-36-28(21-6-11-24(33)12-7-21)29(22-8-13-25(34)14-9-22)38(30)31(39)37-18-16-35-17-19-37;;/h6-15,20,28-29,35H,5,16-19H2,1-4H3;1H4;1H/t28-,29+;;/m0../s1. The van der Waals surface area contributed by atoms with Crippen molar-refractivity contribution < 1.29 is 9.53 Å². The Bertz CT molecular complexity index is 1380. The van der Waals surface area contributed by atoms with Crippen molar-refractivity contribution in [3.63, 3.8) is 0 Å². The molecule has 2 aliphatic rings. The highest BCUT2D eigenvalue weighted by molar-refractivity contribution is 6.30. The smallest absolute Gasteiger partial charge is 0.326 e. The lowest BCUT2D eigenvalue weighted by molar-refractivity contribution is 0.157. The minimum absolute atomic E-state index is 0. The van der Waals surface area contributed by atoms with E-state index in [1.165, 1.54) is 0 Å². The third-order valence-electron chi connectivity index (χ3n) is 7.47. The van der Waals surface area contributed by atoms with Crippen molar-refractivity contribution in [1.82, 2.24) is 15.1 Å². The topological polar surface area (TPSA) is 57.2 Å². The Morgan fingerprint density at radius 1 is 0.952 bits per heavy atom. The Morgan fingerprint density at radius 3 is 2.07 bits per heavy atom. The third kappa shape index (κ3) is 7.05. The summed E-state index contributed by atoms with van der Waals surface area (Å²) >= 11 is 12.5. The van der Waals surface area contributed by atoms with Crippen LogP contribution in [0, 0.1) is 0 Å². The molecule has 0 bridgehead atoms. The van der Waals surface area contributed by atoms with E-state index in [1.807, 2.05) is 71.3 Å². The monoisotopic (exact) mass is 630 g/mol. The van der Waals surface area contributed by atoms with Crippen LogP contribution in [-0.4, -0.2) is 54.5 Å². The number of amidine groups is 1. The van der Waals surface area contributed by atoms with Crippen LogP contribution < -0.4 is 10.1 Å². The van der Waals surface area contributed by atoms with Crippen LogP contribution in [0.1, 0.15) is 69.5 Å². The zero-order valence-corrected chi connectivity index (χ0v) is 26.2. The van der Waals surface area contributed by atoms with Gasteiger partial charge in [-0.2, -0.15) is 0 Å². The molecule has 0 saturated carbocycles. The second-order valence-electron chi connectivity index (χ2n) is 11.2. The number of carbonyl (C=O) groups is 1. The molecule has 0 radical (unpaired) electrons. The van der Waals surface area contributed by atoms with Gasteiger partial charge in [0.15, 0.2) is 0 Å². The van der Waals surface area contributed by atoms with E-state index in [0.29, 0.717) is 35.6 Å². The van der Waals surface area contributed by atoms with E-state index < -0.39 is 0 Å². The molecule has 0 aliphatic carbocycles.